The Hall–Kier alpha value is -2.74. The smallest absolute Gasteiger partial charge is 0.255 e. The quantitative estimate of drug-likeness (QED) is 0.859. The van der Waals surface area contributed by atoms with Crippen molar-refractivity contribution in [1.82, 2.24) is 9.88 Å². The van der Waals surface area contributed by atoms with E-state index in [9.17, 15) is 9.18 Å². The van der Waals surface area contributed by atoms with Crippen LogP contribution < -0.4 is 0 Å². The molecule has 20 heavy (non-hydrogen) atoms. The predicted molar refractivity (Wildman–Crippen MR) is 71.1 cm³/mol. The van der Waals surface area contributed by atoms with E-state index in [0.717, 1.165) is 0 Å². The predicted octanol–water partition coefficient (Wildman–Crippen LogP) is 2.36. The maximum atomic E-state index is 13.5. The number of carbonyl (C=O) groups is 1. The topological polar surface area (TPSA) is 57.0 Å². The van der Waals surface area contributed by atoms with E-state index >= 15 is 0 Å². The first-order valence-electron chi connectivity index (χ1n) is 5.96. The van der Waals surface area contributed by atoms with Gasteiger partial charge in [0.1, 0.15) is 11.9 Å². The molecule has 1 aromatic carbocycles. The Kier molecular flexibility index (Phi) is 4.06. The summed E-state index contributed by atoms with van der Waals surface area (Å²) in [6, 6.07) is 9.69. The Bertz CT molecular complexity index is 679. The van der Waals surface area contributed by atoms with Crippen LogP contribution in [0.15, 0.2) is 42.7 Å². The number of carbonyl (C=O) groups excluding carboxylic acids is 1. The summed E-state index contributed by atoms with van der Waals surface area (Å²) in [6.45, 7) is 0.155. The molecule has 0 radical (unpaired) electrons. The minimum absolute atomic E-state index is 0.155. The molecule has 0 aliphatic carbocycles. The van der Waals surface area contributed by atoms with E-state index < -0.39 is 0 Å². The minimum Gasteiger partial charge on any atom is -0.337 e. The van der Waals surface area contributed by atoms with Crippen LogP contribution in [-0.4, -0.2) is 22.8 Å². The highest BCUT2D eigenvalue weighted by atomic mass is 19.1. The Morgan fingerprint density at radius 2 is 2.15 bits per heavy atom. The zero-order valence-electron chi connectivity index (χ0n) is 10.9. The van der Waals surface area contributed by atoms with E-state index in [0.29, 0.717) is 16.7 Å². The second kappa shape index (κ2) is 5.93. The van der Waals surface area contributed by atoms with Crippen molar-refractivity contribution in [3.8, 4) is 6.07 Å². The van der Waals surface area contributed by atoms with Gasteiger partial charge in [0.25, 0.3) is 5.91 Å². The third-order valence-corrected chi connectivity index (χ3v) is 2.83. The van der Waals surface area contributed by atoms with Gasteiger partial charge >= 0.3 is 0 Å². The molecule has 0 spiro atoms. The number of nitrogens with zero attached hydrogens (tertiary/aromatic N) is 3. The van der Waals surface area contributed by atoms with Crippen LogP contribution in [0.3, 0.4) is 0 Å². The normalized spacial score (nSPS) is 9.85. The van der Waals surface area contributed by atoms with Crippen LogP contribution in [-0.2, 0) is 6.54 Å². The van der Waals surface area contributed by atoms with Crippen LogP contribution >= 0.6 is 0 Å². The van der Waals surface area contributed by atoms with E-state index in [4.69, 9.17) is 5.26 Å². The molecule has 2 rings (SSSR count). The summed E-state index contributed by atoms with van der Waals surface area (Å²) in [5, 5.41) is 8.79. The van der Waals surface area contributed by atoms with Crippen LogP contribution in [0.5, 0.6) is 0 Å². The molecule has 0 N–H and O–H groups in total. The van der Waals surface area contributed by atoms with Crippen molar-refractivity contribution in [2.24, 2.45) is 0 Å². The van der Waals surface area contributed by atoms with E-state index in [1.807, 2.05) is 6.07 Å². The number of aromatic nitrogens is 1. The van der Waals surface area contributed by atoms with Crippen LogP contribution in [0, 0.1) is 17.1 Å². The molecule has 0 atom stereocenters. The Labute approximate surface area is 116 Å². The largest absolute Gasteiger partial charge is 0.337 e. The highest BCUT2D eigenvalue weighted by Crippen LogP contribution is 2.11. The van der Waals surface area contributed by atoms with Crippen molar-refractivity contribution in [1.29, 1.82) is 5.26 Å². The first kappa shape index (κ1) is 13.7. The Morgan fingerprint density at radius 1 is 1.40 bits per heavy atom. The third-order valence-electron chi connectivity index (χ3n) is 2.83. The molecule has 0 aliphatic rings. The molecule has 4 nitrogen and oxygen atoms in total. The monoisotopic (exact) mass is 269 g/mol. The molecule has 0 aliphatic heterocycles. The van der Waals surface area contributed by atoms with Crippen LogP contribution in [0.1, 0.15) is 21.5 Å². The number of amides is 1. The van der Waals surface area contributed by atoms with E-state index in [2.05, 4.69) is 4.98 Å². The molecular weight excluding hydrogens is 257 g/mol. The number of hydrogen-bond donors (Lipinski definition) is 0. The van der Waals surface area contributed by atoms with Gasteiger partial charge in [-0.2, -0.15) is 5.26 Å². The fraction of sp³-hybridized carbons (Fsp3) is 0.133. The zero-order chi connectivity index (χ0) is 14.5. The lowest BCUT2D eigenvalue weighted by Crippen LogP contribution is -2.26. The van der Waals surface area contributed by atoms with E-state index in [1.165, 1.54) is 29.4 Å². The number of pyridine rings is 1. The SMILES string of the molecule is CN(Cc1ccccc1F)C(=O)c1cncc(C#N)c1. The number of halogens is 1. The summed E-state index contributed by atoms with van der Waals surface area (Å²) in [7, 11) is 1.58. The molecule has 0 bridgehead atoms. The van der Waals surface area contributed by atoms with Crippen LogP contribution in [0.4, 0.5) is 4.39 Å². The van der Waals surface area contributed by atoms with Gasteiger partial charge < -0.3 is 4.90 Å². The Morgan fingerprint density at radius 3 is 2.85 bits per heavy atom. The minimum atomic E-state index is -0.351. The fourth-order valence-corrected chi connectivity index (χ4v) is 1.79. The van der Waals surface area contributed by atoms with Crippen molar-refractivity contribution in [2.75, 3.05) is 7.05 Å². The lowest BCUT2D eigenvalue weighted by atomic mass is 10.1. The second-order valence-electron chi connectivity index (χ2n) is 4.33. The van der Waals surface area contributed by atoms with Crippen molar-refractivity contribution < 1.29 is 9.18 Å². The number of rotatable bonds is 3. The molecule has 0 fully saturated rings. The molecule has 100 valence electrons. The molecule has 1 amide bonds. The van der Waals surface area contributed by atoms with Crippen molar-refractivity contribution in [2.45, 2.75) is 6.54 Å². The van der Waals surface area contributed by atoms with Gasteiger partial charge in [-0.3, -0.25) is 9.78 Å². The Balaban J connectivity index is 2.17. The first-order chi connectivity index (χ1) is 9.61. The van der Waals surface area contributed by atoms with Gasteiger partial charge in [-0.15, -0.1) is 0 Å². The van der Waals surface area contributed by atoms with Gasteiger partial charge in [0.2, 0.25) is 0 Å². The summed E-state index contributed by atoms with van der Waals surface area (Å²) in [4.78, 5) is 17.4. The van der Waals surface area contributed by atoms with E-state index in [-0.39, 0.29) is 18.3 Å². The molecule has 1 aromatic heterocycles. The average Bonchev–Trinajstić information content (AvgIpc) is 2.48. The van der Waals surface area contributed by atoms with Crippen molar-refractivity contribution in [3.05, 3.63) is 65.2 Å². The summed E-state index contributed by atoms with van der Waals surface area (Å²) >= 11 is 0. The van der Waals surface area contributed by atoms with Gasteiger partial charge in [-0.05, 0) is 12.1 Å². The van der Waals surface area contributed by atoms with Gasteiger partial charge in [0.05, 0.1) is 11.1 Å². The number of benzene rings is 1. The van der Waals surface area contributed by atoms with Gasteiger partial charge in [-0.1, -0.05) is 18.2 Å². The molecule has 0 saturated heterocycles. The molecule has 1 heterocycles. The highest BCUT2D eigenvalue weighted by molar-refractivity contribution is 5.94. The maximum Gasteiger partial charge on any atom is 0.255 e. The maximum absolute atomic E-state index is 13.5. The number of nitriles is 1. The third kappa shape index (κ3) is 2.98. The highest BCUT2D eigenvalue weighted by Gasteiger charge is 2.14. The second-order valence-corrected chi connectivity index (χ2v) is 4.33. The summed E-state index contributed by atoms with van der Waals surface area (Å²) in [5.74, 6) is -0.658. The lowest BCUT2D eigenvalue weighted by molar-refractivity contribution is 0.0783. The van der Waals surface area contributed by atoms with Crippen molar-refractivity contribution >= 4 is 5.91 Å². The van der Waals surface area contributed by atoms with Crippen LogP contribution in [0.25, 0.3) is 0 Å². The molecule has 0 saturated carbocycles. The molecular formula is C15H12FN3O. The molecule has 5 heteroatoms. The average molecular weight is 269 g/mol. The van der Waals surface area contributed by atoms with Crippen LogP contribution in [0.2, 0.25) is 0 Å². The van der Waals surface area contributed by atoms with E-state index in [1.54, 1.807) is 25.2 Å². The summed E-state index contributed by atoms with van der Waals surface area (Å²) < 4.78 is 13.5. The zero-order valence-corrected chi connectivity index (χ0v) is 10.9. The molecule has 0 unspecified atom stereocenters. The van der Waals surface area contributed by atoms with Crippen molar-refractivity contribution in [3.63, 3.8) is 0 Å². The lowest BCUT2D eigenvalue weighted by Gasteiger charge is -2.17. The summed E-state index contributed by atoms with van der Waals surface area (Å²) in [6.07, 6.45) is 2.77. The number of hydrogen-bond acceptors (Lipinski definition) is 3. The van der Waals surface area contributed by atoms with Gasteiger partial charge in [-0.25, -0.2) is 4.39 Å². The first-order valence-corrected chi connectivity index (χ1v) is 5.96. The summed E-state index contributed by atoms with van der Waals surface area (Å²) in [5.41, 5.74) is 1.06. The fourth-order valence-electron chi connectivity index (χ4n) is 1.79. The van der Waals surface area contributed by atoms with Gasteiger partial charge in [0, 0.05) is 31.5 Å². The standard InChI is InChI=1S/C15H12FN3O/c1-19(10-12-4-2-3-5-14(12)16)15(20)13-6-11(7-17)8-18-9-13/h2-6,8-9H,10H2,1H3. The molecule has 2 aromatic rings. The van der Waals surface area contributed by atoms with Gasteiger partial charge in [0.15, 0.2) is 0 Å².